The number of pyridine rings is 1. The predicted molar refractivity (Wildman–Crippen MR) is 74.4 cm³/mol. The summed E-state index contributed by atoms with van der Waals surface area (Å²) in [5.41, 5.74) is 0.593. The van der Waals surface area contributed by atoms with Crippen LogP contribution in [0.2, 0.25) is 0 Å². The van der Waals surface area contributed by atoms with Crippen LogP contribution in [-0.4, -0.2) is 4.98 Å². The Kier molecular flexibility index (Phi) is 3.53. The molecule has 3 rings (SSSR count). The Balaban J connectivity index is 1.92. The molecule has 1 saturated carbocycles. The maximum absolute atomic E-state index is 14.0. The molecule has 3 nitrogen and oxygen atoms in total. The van der Waals surface area contributed by atoms with Crippen LogP contribution < -0.4 is 5.32 Å². The molecule has 0 aliphatic heterocycles. The summed E-state index contributed by atoms with van der Waals surface area (Å²) in [6, 6.07) is 10.1. The average molecular weight is 285 g/mol. The standard InChI is InChI=1S/C16H13F2N3/c17-11-6-7-14(18)13(8-11)16(10-4-5-10)21-15-3-1-2-12(9-19)20-15/h1-3,6-8,10,16H,4-5H2,(H,20,21). The minimum Gasteiger partial charge on any atom is -0.363 e. The van der Waals surface area contributed by atoms with E-state index in [1.165, 1.54) is 6.07 Å². The van der Waals surface area contributed by atoms with Crippen LogP contribution in [0.1, 0.15) is 30.1 Å². The molecule has 1 aromatic carbocycles. The molecule has 1 atom stereocenters. The second-order valence-corrected chi connectivity index (χ2v) is 5.15. The largest absolute Gasteiger partial charge is 0.363 e. The number of nitriles is 1. The Morgan fingerprint density at radius 1 is 1.24 bits per heavy atom. The van der Waals surface area contributed by atoms with E-state index in [1.807, 2.05) is 6.07 Å². The first-order valence-electron chi connectivity index (χ1n) is 6.76. The highest BCUT2D eigenvalue weighted by molar-refractivity contribution is 5.42. The number of aromatic nitrogens is 1. The molecule has 1 fully saturated rings. The minimum absolute atomic E-state index is 0.258. The lowest BCUT2D eigenvalue weighted by molar-refractivity contribution is 0.554. The van der Waals surface area contributed by atoms with E-state index in [0.29, 0.717) is 11.4 Å². The summed E-state index contributed by atoms with van der Waals surface area (Å²) < 4.78 is 27.4. The molecule has 0 radical (unpaired) electrons. The van der Waals surface area contributed by atoms with Gasteiger partial charge in [0.2, 0.25) is 0 Å². The molecule has 0 bridgehead atoms. The zero-order valence-corrected chi connectivity index (χ0v) is 11.2. The van der Waals surface area contributed by atoms with Gasteiger partial charge in [-0.25, -0.2) is 13.8 Å². The Bertz CT molecular complexity index is 705. The van der Waals surface area contributed by atoms with E-state index in [4.69, 9.17) is 5.26 Å². The van der Waals surface area contributed by atoms with Gasteiger partial charge in [0.1, 0.15) is 29.2 Å². The van der Waals surface area contributed by atoms with Crippen LogP contribution >= 0.6 is 0 Å². The Morgan fingerprint density at radius 3 is 2.76 bits per heavy atom. The van der Waals surface area contributed by atoms with Gasteiger partial charge in [-0.3, -0.25) is 0 Å². The van der Waals surface area contributed by atoms with Gasteiger partial charge in [0.25, 0.3) is 0 Å². The van der Waals surface area contributed by atoms with Gasteiger partial charge in [0.05, 0.1) is 6.04 Å². The predicted octanol–water partition coefficient (Wildman–Crippen LogP) is 3.79. The monoisotopic (exact) mass is 285 g/mol. The minimum atomic E-state index is -0.461. The van der Waals surface area contributed by atoms with Crippen molar-refractivity contribution in [2.45, 2.75) is 18.9 Å². The van der Waals surface area contributed by atoms with Crippen LogP contribution in [0.4, 0.5) is 14.6 Å². The molecule has 1 aromatic heterocycles. The molecule has 5 heteroatoms. The Hall–Kier alpha value is -2.48. The summed E-state index contributed by atoms with van der Waals surface area (Å²) in [6.07, 6.45) is 1.93. The van der Waals surface area contributed by atoms with E-state index in [2.05, 4.69) is 10.3 Å². The van der Waals surface area contributed by atoms with Crippen LogP contribution in [0.15, 0.2) is 36.4 Å². The van der Waals surface area contributed by atoms with Crippen LogP contribution in [-0.2, 0) is 0 Å². The number of nitrogens with one attached hydrogen (secondary N) is 1. The van der Waals surface area contributed by atoms with E-state index in [9.17, 15) is 8.78 Å². The lowest BCUT2D eigenvalue weighted by Crippen LogP contribution is -2.16. The lowest BCUT2D eigenvalue weighted by Gasteiger charge is -2.20. The third-order valence-corrected chi connectivity index (χ3v) is 3.55. The number of halogens is 2. The number of anilines is 1. The molecule has 1 N–H and O–H groups in total. The highest BCUT2D eigenvalue weighted by Gasteiger charge is 2.34. The number of benzene rings is 1. The van der Waals surface area contributed by atoms with Crippen molar-refractivity contribution in [2.24, 2.45) is 5.92 Å². The van der Waals surface area contributed by atoms with Crippen LogP contribution in [0.3, 0.4) is 0 Å². The molecular formula is C16H13F2N3. The van der Waals surface area contributed by atoms with Crippen LogP contribution in [0, 0.1) is 28.9 Å². The summed E-state index contributed by atoms with van der Waals surface area (Å²) in [7, 11) is 0. The van der Waals surface area contributed by atoms with Crippen molar-refractivity contribution < 1.29 is 8.78 Å². The maximum atomic E-state index is 14.0. The SMILES string of the molecule is N#Cc1cccc(NC(c2cc(F)ccc2F)C2CC2)n1. The van der Waals surface area contributed by atoms with E-state index in [-0.39, 0.29) is 17.7 Å². The highest BCUT2D eigenvalue weighted by Crippen LogP contribution is 2.43. The van der Waals surface area contributed by atoms with Crippen molar-refractivity contribution in [3.8, 4) is 6.07 Å². The topological polar surface area (TPSA) is 48.7 Å². The molecule has 0 saturated heterocycles. The first-order chi connectivity index (χ1) is 10.2. The van der Waals surface area contributed by atoms with Crippen molar-refractivity contribution in [2.75, 3.05) is 5.32 Å². The third-order valence-electron chi connectivity index (χ3n) is 3.55. The fourth-order valence-electron chi connectivity index (χ4n) is 2.37. The van der Waals surface area contributed by atoms with Gasteiger partial charge < -0.3 is 5.32 Å². The quantitative estimate of drug-likeness (QED) is 0.929. The molecule has 1 heterocycles. The number of hydrogen-bond donors (Lipinski definition) is 1. The van der Waals surface area contributed by atoms with Crippen molar-refractivity contribution in [3.63, 3.8) is 0 Å². The summed E-state index contributed by atoms with van der Waals surface area (Å²) in [6.45, 7) is 0. The molecule has 2 aromatic rings. The molecule has 21 heavy (non-hydrogen) atoms. The van der Waals surface area contributed by atoms with Crippen LogP contribution in [0.25, 0.3) is 0 Å². The molecule has 1 unspecified atom stereocenters. The number of nitrogens with zero attached hydrogens (tertiary/aromatic N) is 2. The molecule has 106 valence electrons. The van der Waals surface area contributed by atoms with Gasteiger partial charge in [-0.2, -0.15) is 5.26 Å². The fourth-order valence-corrected chi connectivity index (χ4v) is 2.37. The van der Waals surface area contributed by atoms with Gasteiger partial charge in [0, 0.05) is 5.56 Å². The average Bonchev–Trinajstić information content (AvgIpc) is 3.32. The maximum Gasteiger partial charge on any atom is 0.142 e. The third kappa shape index (κ3) is 3.00. The summed E-state index contributed by atoms with van der Waals surface area (Å²) in [4.78, 5) is 4.13. The Labute approximate surface area is 121 Å². The van der Waals surface area contributed by atoms with Crippen molar-refractivity contribution in [1.82, 2.24) is 4.98 Å². The normalized spacial score (nSPS) is 15.3. The van der Waals surface area contributed by atoms with Crippen molar-refractivity contribution in [3.05, 3.63) is 59.3 Å². The first-order valence-corrected chi connectivity index (χ1v) is 6.76. The van der Waals surface area contributed by atoms with E-state index < -0.39 is 11.6 Å². The second-order valence-electron chi connectivity index (χ2n) is 5.15. The van der Waals surface area contributed by atoms with Crippen molar-refractivity contribution >= 4 is 5.82 Å². The summed E-state index contributed by atoms with van der Waals surface area (Å²) >= 11 is 0. The molecular weight excluding hydrogens is 272 g/mol. The Morgan fingerprint density at radius 2 is 2.05 bits per heavy atom. The molecule has 1 aliphatic carbocycles. The van der Waals surface area contributed by atoms with E-state index in [1.54, 1.807) is 18.2 Å². The van der Waals surface area contributed by atoms with Gasteiger partial charge in [-0.05, 0) is 49.1 Å². The van der Waals surface area contributed by atoms with E-state index >= 15 is 0 Å². The van der Waals surface area contributed by atoms with E-state index in [0.717, 1.165) is 25.0 Å². The summed E-state index contributed by atoms with van der Waals surface area (Å²) in [5.74, 6) is -0.140. The van der Waals surface area contributed by atoms with Gasteiger partial charge in [0.15, 0.2) is 0 Å². The summed E-state index contributed by atoms with van der Waals surface area (Å²) in [5, 5.41) is 12.0. The fraction of sp³-hybridized carbons (Fsp3) is 0.250. The zero-order chi connectivity index (χ0) is 14.8. The van der Waals surface area contributed by atoms with Crippen molar-refractivity contribution in [1.29, 1.82) is 5.26 Å². The zero-order valence-electron chi connectivity index (χ0n) is 11.2. The van der Waals surface area contributed by atoms with Gasteiger partial charge in [-0.1, -0.05) is 6.07 Å². The second kappa shape index (κ2) is 5.49. The molecule has 1 aliphatic rings. The van der Waals surface area contributed by atoms with Crippen LogP contribution in [0.5, 0.6) is 0 Å². The smallest absolute Gasteiger partial charge is 0.142 e. The molecule has 0 spiro atoms. The first kappa shape index (κ1) is 13.5. The number of rotatable bonds is 4. The highest BCUT2D eigenvalue weighted by atomic mass is 19.1. The lowest BCUT2D eigenvalue weighted by atomic mass is 10.0. The van der Waals surface area contributed by atoms with Gasteiger partial charge >= 0.3 is 0 Å². The van der Waals surface area contributed by atoms with Gasteiger partial charge in [-0.15, -0.1) is 0 Å². The molecule has 0 amide bonds. The number of hydrogen-bond acceptors (Lipinski definition) is 3.